The van der Waals surface area contributed by atoms with Crippen molar-refractivity contribution in [1.29, 1.82) is 0 Å². The average molecular weight is 379 g/mol. The fraction of sp³-hybridized carbons (Fsp3) is 0.176. The Labute approximate surface area is 149 Å². The second-order valence-electron chi connectivity index (χ2n) is 5.65. The van der Waals surface area contributed by atoms with Gasteiger partial charge in [0.2, 0.25) is 12.7 Å². The summed E-state index contributed by atoms with van der Waals surface area (Å²) in [6.45, 7) is -0.0493. The van der Waals surface area contributed by atoms with Crippen LogP contribution in [0.1, 0.15) is 5.56 Å². The Kier molecular flexibility index (Phi) is 4.02. The van der Waals surface area contributed by atoms with Crippen molar-refractivity contribution in [3.63, 3.8) is 0 Å². The van der Waals surface area contributed by atoms with Crippen molar-refractivity contribution < 1.29 is 27.1 Å². The molecule has 0 saturated carbocycles. The smallest absolute Gasteiger partial charge is 0.439 e. The molecule has 0 amide bonds. The number of halogens is 3. The second-order valence-corrected chi connectivity index (χ2v) is 5.65. The van der Waals surface area contributed by atoms with Gasteiger partial charge < -0.3 is 19.2 Å². The van der Waals surface area contributed by atoms with Crippen molar-refractivity contribution in [1.82, 2.24) is 9.78 Å². The van der Waals surface area contributed by atoms with Crippen LogP contribution in [0.2, 0.25) is 0 Å². The molecule has 0 bridgehead atoms. The van der Waals surface area contributed by atoms with Gasteiger partial charge in [-0.25, -0.2) is 4.79 Å². The van der Waals surface area contributed by atoms with E-state index in [1.165, 1.54) is 12.1 Å². The predicted octanol–water partition coefficient (Wildman–Crippen LogP) is 3.32. The van der Waals surface area contributed by atoms with Crippen LogP contribution in [0.3, 0.4) is 0 Å². The van der Waals surface area contributed by atoms with E-state index >= 15 is 0 Å². The lowest BCUT2D eigenvalue weighted by Gasteiger charge is -2.09. The zero-order valence-corrected chi connectivity index (χ0v) is 13.6. The van der Waals surface area contributed by atoms with E-state index in [1.807, 2.05) is 0 Å². The molecule has 10 heteroatoms. The van der Waals surface area contributed by atoms with Crippen molar-refractivity contribution in [2.75, 3.05) is 12.1 Å². The summed E-state index contributed by atoms with van der Waals surface area (Å²) in [5.74, 6) is 0.393. The minimum absolute atomic E-state index is 0.0594. The molecule has 0 fully saturated rings. The summed E-state index contributed by atoms with van der Waals surface area (Å²) in [4.78, 5) is 12.0. The highest BCUT2D eigenvalue weighted by molar-refractivity contribution is 5.60. The molecule has 0 spiro atoms. The topological polar surface area (TPSA) is 78.5 Å². The highest BCUT2D eigenvalue weighted by atomic mass is 19.4. The highest BCUT2D eigenvalue weighted by Crippen LogP contribution is 2.35. The fourth-order valence-electron chi connectivity index (χ4n) is 2.52. The molecule has 1 aromatic heterocycles. The summed E-state index contributed by atoms with van der Waals surface area (Å²) >= 11 is 0. The number of rotatable bonds is 4. The van der Waals surface area contributed by atoms with Crippen LogP contribution < -0.4 is 20.5 Å². The molecule has 0 saturated heterocycles. The summed E-state index contributed by atoms with van der Waals surface area (Å²) in [6.07, 6.45) is -4.45. The summed E-state index contributed by atoms with van der Waals surface area (Å²) in [5.41, 5.74) is -0.0837. The molecule has 1 aliphatic rings. The first-order valence-corrected chi connectivity index (χ1v) is 7.79. The van der Waals surface area contributed by atoms with Gasteiger partial charge in [0.1, 0.15) is 6.67 Å². The maximum Gasteiger partial charge on any atom is 0.439 e. The standard InChI is InChI=1S/C17H12F3N3O4/c18-17(19,20)11-2-1-3-12(7-11)21-8-23-16(24)27-15(22-23)10-4-5-13-14(6-10)26-9-25-13/h1-7,21H,8-9H2. The molecule has 0 atom stereocenters. The van der Waals surface area contributed by atoms with Gasteiger partial charge in [-0.15, -0.1) is 5.10 Å². The number of anilines is 1. The molecular formula is C17H12F3N3O4. The van der Waals surface area contributed by atoms with Crippen LogP contribution in [-0.4, -0.2) is 16.6 Å². The van der Waals surface area contributed by atoms with Gasteiger partial charge in [0.25, 0.3) is 0 Å². The van der Waals surface area contributed by atoms with Gasteiger partial charge in [-0.2, -0.15) is 17.9 Å². The molecule has 7 nitrogen and oxygen atoms in total. The first-order valence-electron chi connectivity index (χ1n) is 7.79. The molecule has 0 aliphatic carbocycles. The Hall–Kier alpha value is -3.43. The first-order chi connectivity index (χ1) is 12.9. The Balaban J connectivity index is 1.52. The van der Waals surface area contributed by atoms with Gasteiger partial charge in [0.15, 0.2) is 11.5 Å². The number of hydrogen-bond donors (Lipinski definition) is 1. The number of benzene rings is 2. The maximum atomic E-state index is 12.8. The molecule has 1 N–H and O–H groups in total. The number of alkyl halides is 3. The van der Waals surface area contributed by atoms with Gasteiger partial charge in [0, 0.05) is 11.3 Å². The van der Waals surface area contributed by atoms with Crippen molar-refractivity contribution >= 4 is 5.69 Å². The van der Waals surface area contributed by atoms with Crippen LogP contribution in [-0.2, 0) is 12.8 Å². The molecule has 4 rings (SSSR count). The van der Waals surface area contributed by atoms with Crippen LogP contribution in [0.25, 0.3) is 11.5 Å². The van der Waals surface area contributed by atoms with Gasteiger partial charge >= 0.3 is 11.9 Å². The molecule has 2 heterocycles. The second kappa shape index (κ2) is 6.38. The molecule has 27 heavy (non-hydrogen) atoms. The largest absolute Gasteiger partial charge is 0.454 e. The SMILES string of the molecule is O=c1oc(-c2ccc3c(c2)OCO3)nn1CNc1cccc(C(F)(F)F)c1. The van der Waals surface area contributed by atoms with Crippen molar-refractivity contribution in [3.8, 4) is 23.0 Å². The normalized spacial score (nSPS) is 13.0. The van der Waals surface area contributed by atoms with Crippen LogP contribution in [0.4, 0.5) is 18.9 Å². The van der Waals surface area contributed by atoms with Gasteiger partial charge in [0.05, 0.1) is 5.56 Å². The third kappa shape index (κ3) is 3.46. The first kappa shape index (κ1) is 17.0. The molecular weight excluding hydrogens is 367 g/mol. The van der Waals surface area contributed by atoms with E-state index < -0.39 is 17.5 Å². The number of hydrogen-bond acceptors (Lipinski definition) is 6. The van der Waals surface area contributed by atoms with E-state index in [1.54, 1.807) is 18.2 Å². The number of nitrogens with zero attached hydrogens (tertiary/aromatic N) is 2. The highest BCUT2D eigenvalue weighted by Gasteiger charge is 2.30. The lowest BCUT2D eigenvalue weighted by molar-refractivity contribution is -0.137. The lowest BCUT2D eigenvalue weighted by atomic mass is 10.2. The molecule has 140 valence electrons. The van der Waals surface area contributed by atoms with E-state index in [2.05, 4.69) is 10.4 Å². The lowest BCUT2D eigenvalue weighted by Crippen LogP contribution is -2.20. The maximum absolute atomic E-state index is 12.8. The summed E-state index contributed by atoms with van der Waals surface area (Å²) in [6, 6.07) is 9.59. The summed E-state index contributed by atoms with van der Waals surface area (Å²) < 4.78 is 54.8. The number of nitrogens with one attached hydrogen (secondary N) is 1. The van der Waals surface area contributed by atoms with E-state index in [0.717, 1.165) is 16.8 Å². The number of fused-ring (bicyclic) bond motifs is 1. The van der Waals surface area contributed by atoms with Crippen molar-refractivity contribution in [3.05, 3.63) is 58.6 Å². The van der Waals surface area contributed by atoms with Gasteiger partial charge in [-0.1, -0.05) is 6.07 Å². The Morgan fingerprint density at radius 3 is 2.74 bits per heavy atom. The number of ether oxygens (including phenoxy) is 2. The monoisotopic (exact) mass is 379 g/mol. The predicted molar refractivity (Wildman–Crippen MR) is 87.4 cm³/mol. The summed E-state index contributed by atoms with van der Waals surface area (Å²) in [5, 5.41) is 6.76. The average Bonchev–Trinajstić information content (AvgIpc) is 3.25. The zero-order valence-electron chi connectivity index (χ0n) is 13.6. The van der Waals surface area contributed by atoms with E-state index in [9.17, 15) is 18.0 Å². The van der Waals surface area contributed by atoms with Crippen LogP contribution in [0.5, 0.6) is 11.5 Å². The van der Waals surface area contributed by atoms with Crippen LogP contribution in [0.15, 0.2) is 51.7 Å². The summed E-state index contributed by atoms with van der Waals surface area (Å²) in [7, 11) is 0. The van der Waals surface area contributed by atoms with Gasteiger partial charge in [-0.05, 0) is 36.4 Å². The van der Waals surface area contributed by atoms with Gasteiger partial charge in [-0.3, -0.25) is 0 Å². The minimum Gasteiger partial charge on any atom is -0.454 e. The third-order valence-corrected chi connectivity index (χ3v) is 3.85. The Morgan fingerprint density at radius 2 is 1.93 bits per heavy atom. The Bertz CT molecular complexity index is 1040. The molecule has 1 aliphatic heterocycles. The molecule has 0 radical (unpaired) electrons. The van der Waals surface area contributed by atoms with Crippen molar-refractivity contribution in [2.24, 2.45) is 0 Å². The quantitative estimate of drug-likeness (QED) is 0.749. The van der Waals surface area contributed by atoms with E-state index in [4.69, 9.17) is 13.9 Å². The Morgan fingerprint density at radius 1 is 1.11 bits per heavy atom. The molecule has 2 aromatic carbocycles. The van der Waals surface area contributed by atoms with Crippen LogP contribution in [0, 0.1) is 0 Å². The van der Waals surface area contributed by atoms with E-state index in [-0.39, 0.29) is 25.0 Å². The van der Waals surface area contributed by atoms with E-state index in [0.29, 0.717) is 17.1 Å². The zero-order chi connectivity index (χ0) is 19.0. The fourth-order valence-corrected chi connectivity index (χ4v) is 2.52. The molecule has 3 aromatic rings. The van der Waals surface area contributed by atoms with Crippen molar-refractivity contribution in [2.45, 2.75) is 12.8 Å². The van der Waals surface area contributed by atoms with Crippen LogP contribution >= 0.6 is 0 Å². The third-order valence-electron chi connectivity index (χ3n) is 3.85. The minimum atomic E-state index is -4.45. The number of aromatic nitrogens is 2. The molecule has 0 unspecified atom stereocenters.